The first kappa shape index (κ1) is 7.94. The van der Waals surface area contributed by atoms with E-state index >= 15 is 0 Å². The van der Waals surface area contributed by atoms with Gasteiger partial charge in [0, 0.05) is 0 Å². The molecular formula is C5H5BFLi. The van der Waals surface area contributed by atoms with Crippen LogP contribution in [-0.2, 0) is 0 Å². The van der Waals surface area contributed by atoms with Crippen LogP contribution in [0.2, 0.25) is 0 Å². The van der Waals surface area contributed by atoms with Crippen LogP contribution in [0.3, 0.4) is 0 Å². The smallest absolute Gasteiger partial charge is 1.00 e. The summed E-state index contributed by atoms with van der Waals surface area (Å²) in [6, 6.07) is 4.86. The fraction of sp³-hybridized carbons (Fsp3) is 0. The summed E-state index contributed by atoms with van der Waals surface area (Å²) in [5.74, 6) is 1.66. The first-order valence-electron chi connectivity index (χ1n) is 2.10. The van der Waals surface area contributed by atoms with Crippen LogP contribution >= 0.6 is 0 Å². The molecule has 0 N–H and O–H groups in total. The number of rotatable bonds is 0. The minimum Gasteiger partial charge on any atom is -1.00 e. The molecule has 0 saturated carbocycles. The topological polar surface area (TPSA) is 0 Å². The van der Waals surface area contributed by atoms with Crippen molar-refractivity contribution >= 4 is 6.91 Å². The summed E-state index contributed by atoms with van der Waals surface area (Å²) in [4.78, 5) is 0. The normalized spacial score (nSPS) is 7.12. The third-order valence-electron chi connectivity index (χ3n) is 0.733. The average Bonchev–Trinajstić information content (AvgIpc) is 1.69. The maximum atomic E-state index is 11.9. The Morgan fingerprint density at radius 3 is 2.50 bits per heavy atom. The predicted octanol–water partition coefficient (Wildman–Crippen LogP) is -1.72. The van der Waals surface area contributed by atoms with Gasteiger partial charge in [0.05, 0.1) is 0 Å². The molecule has 1 rings (SSSR count). The van der Waals surface area contributed by atoms with Crippen LogP contribution in [0, 0.1) is 5.71 Å². The summed E-state index contributed by atoms with van der Waals surface area (Å²) in [5.41, 5.74) is -0.178. The second-order valence-corrected chi connectivity index (χ2v) is 1.30. The van der Waals surface area contributed by atoms with Crippen LogP contribution < -0.4 is 18.9 Å². The van der Waals surface area contributed by atoms with Gasteiger partial charge >= 0.3 is 60.0 Å². The fourth-order valence-electron chi connectivity index (χ4n) is 0.415. The minimum atomic E-state index is -0.178. The van der Waals surface area contributed by atoms with Gasteiger partial charge in [0.1, 0.15) is 0 Å². The molecule has 0 spiro atoms. The third-order valence-corrected chi connectivity index (χ3v) is 0.733. The van der Waals surface area contributed by atoms with E-state index in [9.17, 15) is 4.39 Å². The van der Waals surface area contributed by atoms with Crippen molar-refractivity contribution in [1.82, 2.24) is 0 Å². The predicted molar refractivity (Wildman–Crippen MR) is 28.9 cm³/mol. The van der Waals surface area contributed by atoms with Crippen LogP contribution in [0.5, 0.6) is 0 Å². The molecule has 0 saturated heterocycles. The SMILES string of the molecule is Fc1bcccc1.[H-].[Li+]. The second-order valence-electron chi connectivity index (χ2n) is 1.30. The van der Waals surface area contributed by atoms with Crippen LogP contribution in [0.1, 0.15) is 1.43 Å². The molecule has 0 aromatic carbocycles. The van der Waals surface area contributed by atoms with E-state index < -0.39 is 0 Å². The van der Waals surface area contributed by atoms with Crippen LogP contribution in [0.4, 0.5) is 4.39 Å². The van der Waals surface area contributed by atoms with E-state index in [4.69, 9.17) is 0 Å². The Kier molecular flexibility index (Phi) is 3.86. The summed E-state index contributed by atoms with van der Waals surface area (Å²) < 4.78 is 11.9. The number of halogens is 1. The molecule has 0 amide bonds. The summed E-state index contributed by atoms with van der Waals surface area (Å²) in [5, 5.41) is 0. The zero-order chi connectivity index (χ0) is 5.11. The van der Waals surface area contributed by atoms with Gasteiger partial charge < -0.3 is 1.43 Å². The van der Waals surface area contributed by atoms with E-state index in [1.54, 1.807) is 18.1 Å². The van der Waals surface area contributed by atoms with Gasteiger partial charge in [0.2, 0.25) is 0 Å². The van der Waals surface area contributed by atoms with Crippen molar-refractivity contribution in [3.63, 3.8) is 0 Å². The molecule has 0 unspecified atom stereocenters. The first-order chi connectivity index (χ1) is 3.39. The van der Waals surface area contributed by atoms with Crippen molar-refractivity contribution in [2.24, 2.45) is 0 Å². The van der Waals surface area contributed by atoms with E-state index in [0.29, 0.717) is 0 Å². The van der Waals surface area contributed by atoms with E-state index in [1.165, 1.54) is 13.0 Å². The Morgan fingerprint density at radius 2 is 2.25 bits per heavy atom. The molecule has 36 valence electrons. The molecule has 1 aromatic heterocycles. The van der Waals surface area contributed by atoms with Gasteiger partial charge in [-0.1, -0.05) is 0 Å². The summed E-state index contributed by atoms with van der Waals surface area (Å²) in [6.07, 6.45) is 0. The third kappa shape index (κ3) is 2.30. The van der Waals surface area contributed by atoms with E-state index in [1.807, 2.05) is 0 Å². The van der Waals surface area contributed by atoms with Gasteiger partial charge in [-0.25, -0.2) is 0 Å². The monoisotopic (exact) mass is 102 g/mol. The van der Waals surface area contributed by atoms with Crippen molar-refractivity contribution in [3.05, 3.63) is 29.9 Å². The molecule has 0 bridgehead atoms. The van der Waals surface area contributed by atoms with Gasteiger partial charge in [0.15, 0.2) is 0 Å². The molecule has 0 aliphatic carbocycles. The van der Waals surface area contributed by atoms with Crippen molar-refractivity contribution in [1.29, 1.82) is 0 Å². The largest absolute Gasteiger partial charge is 1.00 e. The minimum absolute atomic E-state index is 0. The molecule has 0 aliphatic rings. The molecule has 0 fully saturated rings. The Balaban J connectivity index is 0. The van der Waals surface area contributed by atoms with Gasteiger partial charge in [-0.05, 0) is 0 Å². The summed E-state index contributed by atoms with van der Waals surface area (Å²) >= 11 is 0. The summed E-state index contributed by atoms with van der Waals surface area (Å²) in [7, 11) is 0. The zero-order valence-electron chi connectivity index (χ0n) is 5.76. The Hall–Kier alpha value is -0.0577. The van der Waals surface area contributed by atoms with Crippen molar-refractivity contribution in [3.8, 4) is 0 Å². The van der Waals surface area contributed by atoms with Gasteiger partial charge in [-0.2, -0.15) is 0 Å². The first-order valence-corrected chi connectivity index (χ1v) is 2.10. The molecule has 0 atom stereocenters. The molecular weight excluding hydrogens is 96.8 g/mol. The maximum Gasteiger partial charge on any atom is 1.00 e. The average molecular weight is 102 g/mol. The van der Waals surface area contributed by atoms with Gasteiger partial charge in [-0.3, -0.25) is 0 Å². The molecule has 0 nitrogen and oxygen atoms in total. The van der Waals surface area contributed by atoms with Crippen LogP contribution in [-0.4, -0.2) is 6.91 Å². The van der Waals surface area contributed by atoms with E-state index in [-0.39, 0.29) is 26.0 Å². The van der Waals surface area contributed by atoms with Crippen molar-refractivity contribution < 1.29 is 24.7 Å². The summed E-state index contributed by atoms with van der Waals surface area (Å²) in [6.45, 7) is 1.42. The molecule has 0 aliphatic heterocycles. The molecule has 0 radical (unpaired) electrons. The number of hydrogen-bond donors (Lipinski definition) is 0. The molecule has 3 heteroatoms. The standard InChI is InChI=1S/C5H4BF.Li.H/c7-5-3-1-2-4-6-5;;/h1-4H;;/q;+1;-1. The quantitative estimate of drug-likeness (QED) is 0.342. The van der Waals surface area contributed by atoms with Gasteiger partial charge in [0.25, 0.3) is 0 Å². The van der Waals surface area contributed by atoms with Crippen LogP contribution in [0.25, 0.3) is 0 Å². The fourth-order valence-corrected chi connectivity index (χ4v) is 0.415. The Morgan fingerprint density at radius 1 is 1.50 bits per heavy atom. The Labute approximate surface area is 62.0 Å². The van der Waals surface area contributed by atoms with E-state index in [2.05, 4.69) is 0 Å². The second kappa shape index (κ2) is 3.89. The molecule has 8 heavy (non-hydrogen) atoms. The maximum absolute atomic E-state index is 11.9. The van der Waals surface area contributed by atoms with Crippen molar-refractivity contribution in [2.45, 2.75) is 0 Å². The van der Waals surface area contributed by atoms with Crippen molar-refractivity contribution in [2.75, 3.05) is 0 Å². The Bertz CT molecular complexity index is 147. The van der Waals surface area contributed by atoms with Crippen LogP contribution in [0.15, 0.2) is 24.2 Å². The molecule has 1 aromatic rings. The zero-order valence-corrected chi connectivity index (χ0v) is 4.76. The molecule has 1 heterocycles. The van der Waals surface area contributed by atoms with E-state index in [0.717, 1.165) is 0 Å². The van der Waals surface area contributed by atoms with Gasteiger partial charge in [-0.15, -0.1) is 0 Å². The number of hydrogen-bond acceptors (Lipinski definition) is 0.